The lowest BCUT2D eigenvalue weighted by Gasteiger charge is -2.35. The smallest absolute Gasteiger partial charge is 0.316 e. The second kappa shape index (κ2) is 7.01. The van der Waals surface area contributed by atoms with Crippen LogP contribution in [-0.4, -0.2) is 24.6 Å². The quantitative estimate of drug-likeness (QED) is 0.428. The SMILES string of the molecule is COC(=O)C(CC1=C(C)CCCC1(C)C)C(=O)CC(C)=O. The predicted octanol–water partition coefficient (Wildman–Crippen LogP) is 3.24. The molecule has 1 aliphatic rings. The van der Waals surface area contributed by atoms with Crippen LogP contribution in [0.2, 0.25) is 0 Å². The van der Waals surface area contributed by atoms with E-state index < -0.39 is 11.9 Å². The van der Waals surface area contributed by atoms with Crippen LogP contribution >= 0.6 is 0 Å². The van der Waals surface area contributed by atoms with Crippen molar-refractivity contribution in [3.63, 3.8) is 0 Å². The van der Waals surface area contributed by atoms with E-state index >= 15 is 0 Å². The largest absolute Gasteiger partial charge is 0.468 e. The van der Waals surface area contributed by atoms with Crippen molar-refractivity contribution in [1.82, 2.24) is 0 Å². The number of ether oxygens (including phenoxy) is 1. The second-order valence-corrected chi connectivity index (χ2v) is 6.62. The van der Waals surface area contributed by atoms with Gasteiger partial charge >= 0.3 is 5.97 Å². The highest BCUT2D eigenvalue weighted by atomic mass is 16.5. The summed E-state index contributed by atoms with van der Waals surface area (Å²) in [6.07, 6.45) is 3.36. The molecular weight excluding hydrogens is 268 g/mol. The number of rotatable bonds is 6. The summed E-state index contributed by atoms with van der Waals surface area (Å²) in [7, 11) is 1.28. The molecule has 21 heavy (non-hydrogen) atoms. The summed E-state index contributed by atoms with van der Waals surface area (Å²) in [5, 5.41) is 0. The van der Waals surface area contributed by atoms with Gasteiger partial charge in [0.25, 0.3) is 0 Å². The highest BCUT2D eigenvalue weighted by Crippen LogP contribution is 2.43. The molecule has 0 saturated carbocycles. The minimum absolute atomic E-state index is 0.00882. The van der Waals surface area contributed by atoms with Gasteiger partial charge in [0.2, 0.25) is 0 Å². The molecule has 118 valence electrons. The van der Waals surface area contributed by atoms with Crippen LogP contribution in [0, 0.1) is 11.3 Å². The van der Waals surface area contributed by atoms with Gasteiger partial charge in [-0.1, -0.05) is 25.0 Å². The summed E-state index contributed by atoms with van der Waals surface area (Å²) in [5.41, 5.74) is 2.42. The second-order valence-electron chi connectivity index (χ2n) is 6.62. The van der Waals surface area contributed by atoms with E-state index in [1.54, 1.807) is 0 Å². The Balaban J connectivity index is 3.03. The number of Topliss-reactive ketones (excluding diaryl/α,β-unsaturated/α-hetero) is 2. The van der Waals surface area contributed by atoms with Gasteiger partial charge < -0.3 is 4.74 Å². The van der Waals surface area contributed by atoms with Crippen LogP contribution < -0.4 is 0 Å². The molecule has 0 N–H and O–H groups in total. The molecule has 0 saturated heterocycles. The Morgan fingerprint density at radius 3 is 2.38 bits per heavy atom. The van der Waals surface area contributed by atoms with Crippen molar-refractivity contribution in [2.75, 3.05) is 7.11 Å². The Kier molecular flexibility index (Phi) is 5.87. The van der Waals surface area contributed by atoms with Gasteiger partial charge in [0, 0.05) is 0 Å². The zero-order valence-electron chi connectivity index (χ0n) is 13.7. The van der Waals surface area contributed by atoms with Crippen molar-refractivity contribution < 1.29 is 19.1 Å². The minimum atomic E-state index is -0.860. The van der Waals surface area contributed by atoms with Crippen molar-refractivity contribution in [2.24, 2.45) is 11.3 Å². The minimum Gasteiger partial charge on any atom is -0.468 e. The van der Waals surface area contributed by atoms with Crippen molar-refractivity contribution in [1.29, 1.82) is 0 Å². The summed E-state index contributed by atoms with van der Waals surface area (Å²) >= 11 is 0. The zero-order valence-corrected chi connectivity index (χ0v) is 13.7. The van der Waals surface area contributed by atoms with Crippen LogP contribution in [0.1, 0.15) is 59.8 Å². The average Bonchev–Trinajstić information content (AvgIpc) is 2.36. The highest BCUT2D eigenvalue weighted by Gasteiger charge is 2.35. The molecule has 1 rings (SSSR count). The topological polar surface area (TPSA) is 60.4 Å². The number of carbonyl (C=O) groups is 3. The van der Waals surface area contributed by atoms with Crippen LogP contribution in [0.25, 0.3) is 0 Å². The molecular formula is C17H26O4. The fourth-order valence-corrected chi connectivity index (χ4v) is 3.17. The van der Waals surface area contributed by atoms with Crippen molar-refractivity contribution >= 4 is 17.5 Å². The number of allylic oxidation sites excluding steroid dienone is 2. The van der Waals surface area contributed by atoms with E-state index in [0.29, 0.717) is 6.42 Å². The van der Waals surface area contributed by atoms with Crippen LogP contribution in [0.3, 0.4) is 0 Å². The van der Waals surface area contributed by atoms with Crippen LogP contribution in [0.15, 0.2) is 11.1 Å². The number of ketones is 2. The Bertz CT molecular complexity index is 471. The van der Waals surface area contributed by atoms with E-state index in [1.807, 2.05) is 0 Å². The lowest BCUT2D eigenvalue weighted by atomic mass is 9.69. The number of hydrogen-bond donors (Lipinski definition) is 0. The maximum Gasteiger partial charge on any atom is 0.316 e. The molecule has 4 heteroatoms. The Labute approximate surface area is 126 Å². The monoisotopic (exact) mass is 294 g/mol. The third-order valence-electron chi connectivity index (χ3n) is 4.39. The molecule has 0 heterocycles. The molecule has 0 aromatic rings. The van der Waals surface area contributed by atoms with E-state index in [1.165, 1.54) is 25.2 Å². The molecule has 0 aliphatic heterocycles. The standard InChI is InChI=1S/C17H26O4/c1-11-7-6-8-17(3,4)14(11)10-13(16(20)21-5)15(19)9-12(2)18/h13H,6-10H2,1-5H3. The summed E-state index contributed by atoms with van der Waals surface area (Å²) in [6.45, 7) is 7.73. The van der Waals surface area contributed by atoms with Crippen molar-refractivity contribution in [3.05, 3.63) is 11.1 Å². The van der Waals surface area contributed by atoms with Gasteiger partial charge in [-0.3, -0.25) is 14.4 Å². The van der Waals surface area contributed by atoms with Gasteiger partial charge in [-0.15, -0.1) is 0 Å². The molecule has 0 amide bonds. The molecule has 0 aromatic carbocycles. The number of esters is 1. The normalized spacial score (nSPS) is 19.1. The maximum absolute atomic E-state index is 12.2. The van der Waals surface area contributed by atoms with E-state index in [9.17, 15) is 14.4 Å². The van der Waals surface area contributed by atoms with Gasteiger partial charge in [-0.05, 0) is 44.9 Å². The van der Waals surface area contributed by atoms with E-state index in [-0.39, 0.29) is 23.4 Å². The molecule has 1 aliphatic carbocycles. The zero-order chi connectivity index (χ0) is 16.2. The van der Waals surface area contributed by atoms with Crippen LogP contribution in [0.5, 0.6) is 0 Å². The first-order valence-corrected chi connectivity index (χ1v) is 7.48. The summed E-state index contributed by atoms with van der Waals surface area (Å²) in [5.74, 6) is -1.96. The van der Waals surface area contributed by atoms with Gasteiger partial charge in [0.15, 0.2) is 5.78 Å². The third-order valence-corrected chi connectivity index (χ3v) is 4.39. The molecule has 0 radical (unpaired) electrons. The summed E-state index contributed by atoms with van der Waals surface area (Å²) in [4.78, 5) is 35.3. The molecule has 0 fully saturated rings. The number of carbonyl (C=O) groups excluding carboxylic acids is 3. The van der Waals surface area contributed by atoms with Gasteiger partial charge in [0.05, 0.1) is 13.5 Å². The van der Waals surface area contributed by atoms with Crippen molar-refractivity contribution in [2.45, 2.75) is 59.8 Å². The highest BCUT2D eigenvalue weighted by molar-refractivity contribution is 6.07. The van der Waals surface area contributed by atoms with Crippen LogP contribution in [0.4, 0.5) is 0 Å². The average molecular weight is 294 g/mol. The fourth-order valence-electron chi connectivity index (χ4n) is 3.17. The lowest BCUT2D eigenvalue weighted by molar-refractivity contribution is -0.149. The molecule has 0 aromatic heterocycles. The Hall–Kier alpha value is -1.45. The Morgan fingerprint density at radius 1 is 1.29 bits per heavy atom. The predicted molar refractivity (Wildman–Crippen MR) is 80.8 cm³/mol. The first-order valence-electron chi connectivity index (χ1n) is 7.48. The number of hydrogen-bond acceptors (Lipinski definition) is 4. The van der Waals surface area contributed by atoms with Gasteiger partial charge in [0.1, 0.15) is 11.7 Å². The third kappa shape index (κ3) is 4.51. The molecule has 1 unspecified atom stereocenters. The van der Waals surface area contributed by atoms with Crippen molar-refractivity contribution in [3.8, 4) is 0 Å². The maximum atomic E-state index is 12.2. The summed E-state index contributed by atoms with van der Waals surface area (Å²) in [6, 6.07) is 0. The number of methoxy groups -OCH3 is 1. The first kappa shape index (κ1) is 17.6. The molecule has 0 spiro atoms. The van der Waals surface area contributed by atoms with E-state index in [2.05, 4.69) is 20.8 Å². The molecule has 0 bridgehead atoms. The van der Waals surface area contributed by atoms with Gasteiger partial charge in [-0.25, -0.2) is 0 Å². The molecule has 4 nitrogen and oxygen atoms in total. The Morgan fingerprint density at radius 2 is 1.90 bits per heavy atom. The summed E-state index contributed by atoms with van der Waals surface area (Å²) < 4.78 is 4.77. The van der Waals surface area contributed by atoms with E-state index in [0.717, 1.165) is 19.3 Å². The fraction of sp³-hybridized carbons (Fsp3) is 0.706. The molecule has 1 atom stereocenters. The van der Waals surface area contributed by atoms with E-state index in [4.69, 9.17) is 4.74 Å². The van der Waals surface area contributed by atoms with Gasteiger partial charge in [-0.2, -0.15) is 0 Å². The van der Waals surface area contributed by atoms with Crippen LogP contribution in [-0.2, 0) is 19.1 Å². The lowest BCUT2D eigenvalue weighted by Crippen LogP contribution is -2.31. The first-order chi connectivity index (χ1) is 9.69.